The second-order valence-electron chi connectivity index (χ2n) is 9.22. The van der Waals surface area contributed by atoms with Gasteiger partial charge in [-0.05, 0) is 73.9 Å². The molecule has 11 heteroatoms. The summed E-state index contributed by atoms with van der Waals surface area (Å²) in [6, 6.07) is 18.4. The Morgan fingerprint density at radius 1 is 0.951 bits per heavy atom. The van der Waals surface area contributed by atoms with Crippen LogP contribution in [0, 0.1) is 0 Å². The van der Waals surface area contributed by atoms with E-state index in [1.807, 2.05) is 13.8 Å². The third-order valence-corrected chi connectivity index (χ3v) is 8.71. The van der Waals surface area contributed by atoms with E-state index in [9.17, 15) is 18.0 Å². The number of hydrogen-bond acceptors (Lipinski definition) is 5. The highest BCUT2D eigenvalue weighted by atomic mass is 35.5. The Labute approximate surface area is 252 Å². The second kappa shape index (κ2) is 15.1. The molecule has 0 saturated carbocycles. The number of nitrogens with one attached hydrogen (secondary N) is 1. The maximum Gasteiger partial charge on any atom is 0.264 e. The highest BCUT2D eigenvalue weighted by Crippen LogP contribution is 2.28. The molecule has 0 heterocycles. The Balaban J connectivity index is 2.06. The van der Waals surface area contributed by atoms with Crippen molar-refractivity contribution in [1.82, 2.24) is 10.2 Å². The number of rotatable bonds is 14. The van der Waals surface area contributed by atoms with E-state index >= 15 is 0 Å². The number of hydrogen-bond donors (Lipinski definition) is 1. The Kier molecular flexibility index (Phi) is 11.9. The van der Waals surface area contributed by atoms with Crippen molar-refractivity contribution in [3.8, 4) is 5.75 Å². The first-order chi connectivity index (χ1) is 19.6. The molecular formula is C30H35Cl2N3O5S. The summed E-state index contributed by atoms with van der Waals surface area (Å²) in [5.74, 6) is -0.327. The van der Waals surface area contributed by atoms with E-state index in [0.717, 1.165) is 10.7 Å². The molecule has 0 radical (unpaired) electrons. The standard InChI is InChI=1S/C30H35Cl2N3O5S/c1-4-18-33-30(37)28(5-2)34(20-22-12-13-23(31)19-27(22)32)29(36)21-35(24-14-16-25(17-15-24)40-6-3)41(38,39)26-10-8-7-9-11-26/h7-17,19,28H,4-6,18,20-21H2,1-3H3,(H,33,37)/t28-/m1/s1. The van der Waals surface area contributed by atoms with Crippen LogP contribution in [0.15, 0.2) is 77.7 Å². The zero-order valence-corrected chi connectivity index (χ0v) is 25.7. The molecular weight excluding hydrogens is 585 g/mol. The van der Waals surface area contributed by atoms with Crippen molar-refractivity contribution >= 4 is 50.7 Å². The first-order valence-electron chi connectivity index (χ1n) is 13.4. The minimum Gasteiger partial charge on any atom is -0.494 e. The molecule has 0 fully saturated rings. The fraction of sp³-hybridized carbons (Fsp3) is 0.333. The van der Waals surface area contributed by atoms with E-state index in [-0.39, 0.29) is 23.0 Å². The SMILES string of the molecule is CCCNC(=O)[C@@H](CC)N(Cc1ccc(Cl)cc1Cl)C(=O)CN(c1ccc(OCC)cc1)S(=O)(=O)c1ccccc1. The molecule has 1 N–H and O–H groups in total. The van der Waals surface area contributed by atoms with Crippen LogP contribution < -0.4 is 14.4 Å². The number of halogens is 2. The molecule has 0 aromatic heterocycles. The number of sulfonamides is 1. The minimum atomic E-state index is -4.16. The molecule has 0 aliphatic carbocycles. The number of carbonyl (C=O) groups is 2. The van der Waals surface area contributed by atoms with Crippen molar-refractivity contribution in [1.29, 1.82) is 0 Å². The van der Waals surface area contributed by atoms with Crippen LogP contribution >= 0.6 is 23.2 Å². The number of ether oxygens (including phenoxy) is 1. The van der Waals surface area contributed by atoms with E-state index in [0.29, 0.717) is 40.9 Å². The normalized spacial score (nSPS) is 11.9. The summed E-state index contributed by atoms with van der Waals surface area (Å²) in [6.45, 7) is 5.90. The maximum absolute atomic E-state index is 14.1. The molecule has 0 saturated heterocycles. The van der Waals surface area contributed by atoms with E-state index in [2.05, 4.69) is 5.32 Å². The third-order valence-electron chi connectivity index (χ3n) is 6.34. The quantitative estimate of drug-likeness (QED) is 0.242. The number of anilines is 1. The summed E-state index contributed by atoms with van der Waals surface area (Å²) in [4.78, 5) is 28.7. The van der Waals surface area contributed by atoms with Gasteiger partial charge in [-0.1, -0.05) is 61.3 Å². The van der Waals surface area contributed by atoms with Crippen molar-refractivity contribution in [3.05, 3.63) is 88.4 Å². The van der Waals surface area contributed by atoms with Gasteiger partial charge in [0.15, 0.2) is 0 Å². The largest absolute Gasteiger partial charge is 0.494 e. The zero-order chi connectivity index (χ0) is 30.0. The van der Waals surface area contributed by atoms with Crippen LogP contribution in [0.25, 0.3) is 0 Å². The van der Waals surface area contributed by atoms with Crippen LogP contribution in [0.3, 0.4) is 0 Å². The number of carbonyl (C=O) groups excluding carboxylic acids is 2. The van der Waals surface area contributed by atoms with E-state index in [1.165, 1.54) is 17.0 Å². The lowest BCUT2D eigenvalue weighted by atomic mass is 10.1. The van der Waals surface area contributed by atoms with Crippen LogP contribution in [0.4, 0.5) is 5.69 Å². The van der Waals surface area contributed by atoms with E-state index in [4.69, 9.17) is 27.9 Å². The van der Waals surface area contributed by atoms with Gasteiger partial charge in [-0.15, -0.1) is 0 Å². The van der Waals surface area contributed by atoms with Crippen LogP contribution in [-0.4, -0.2) is 50.9 Å². The van der Waals surface area contributed by atoms with Gasteiger partial charge in [0.25, 0.3) is 10.0 Å². The van der Waals surface area contributed by atoms with Crippen molar-refractivity contribution in [2.24, 2.45) is 0 Å². The van der Waals surface area contributed by atoms with Gasteiger partial charge in [0.1, 0.15) is 18.3 Å². The molecule has 3 aromatic rings. The van der Waals surface area contributed by atoms with Crippen LogP contribution in [0.2, 0.25) is 10.0 Å². The topological polar surface area (TPSA) is 96.0 Å². The first kappa shape index (κ1) is 32.2. The van der Waals surface area contributed by atoms with Gasteiger partial charge in [-0.25, -0.2) is 8.42 Å². The lowest BCUT2D eigenvalue weighted by molar-refractivity contribution is -0.140. The van der Waals surface area contributed by atoms with Gasteiger partial charge in [-0.3, -0.25) is 13.9 Å². The van der Waals surface area contributed by atoms with Gasteiger partial charge in [0.2, 0.25) is 11.8 Å². The van der Waals surface area contributed by atoms with Crippen molar-refractivity contribution in [2.75, 3.05) is 24.0 Å². The molecule has 0 spiro atoms. The predicted octanol–water partition coefficient (Wildman–Crippen LogP) is 5.92. The highest BCUT2D eigenvalue weighted by molar-refractivity contribution is 7.92. The Morgan fingerprint density at radius 2 is 1.63 bits per heavy atom. The molecule has 3 aromatic carbocycles. The summed E-state index contributed by atoms with van der Waals surface area (Å²) in [7, 11) is -4.16. The van der Waals surface area contributed by atoms with Gasteiger partial charge in [-0.2, -0.15) is 0 Å². The van der Waals surface area contributed by atoms with Crippen LogP contribution in [0.5, 0.6) is 5.75 Å². The molecule has 0 aliphatic rings. The number of amides is 2. The van der Waals surface area contributed by atoms with E-state index < -0.39 is 28.5 Å². The molecule has 0 bridgehead atoms. The minimum absolute atomic E-state index is 0.0185. The second-order valence-corrected chi connectivity index (χ2v) is 11.9. The number of nitrogens with zero attached hydrogens (tertiary/aromatic N) is 2. The average Bonchev–Trinajstić information content (AvgIpc) is 2.96. The Bertz CT molecular complexity index is 1420. The molecule has 2 amide bonds. The van der Waals surface area contributed by atoms with Gasteiger partial charge in [0.05, 0.1) is 17.2 Å². The predicted molar refractivity (Wildman–Crippen MR) is 163 cm³/mol. The van der Waals surface area contributed by atoms with E-state index in [1.54, 1.807) is 67.6 Å². The van der Waals surface area contributed by atoms with Gasteiger partial charge < -0.3 is 15.0 Å². The monoisotopic (exact) mass is 619 g/mol. The molecule has 0 aliphatic heterocycles. The fourth-order valence-electron chi connectivity index (χ4n) is 4.24. The molecule has 220 valence electrons. The maximum atomic E-state index is 14.1. The summed E-state index contributed by atoms with van der Waals surface area (Å²) in [5, 5.41) is 3.62. The molecule has 8 nitrogen and oxygen atoms in total. The number of benzene rings is 3. The Morgan fingerprint density at radius 3 is 2.22 bits per heavy atom. The molecule has 0 unspecified atom stereocenters. The molecule has 41 heavy (non-hydrogen) atoms. The molecule has 3 rings (SSSR count). The summed E-state index contributed by atoms with van der Waals surface area (Å²) >= 11 is 12.5. The average molecular weight is 621 g/mol. The zero-order valence-electron chi connectivity index (χ0n) is 23.3. The van der Waals surface area contributed by atoms with Gasteiger partial charge >= 0.3 is 0 Å². The molecule has 1 atom stereocenters. The Hall–Kier alpha value is -3.27. The van der Waals surface area contributed by atoms with Gasteiger partial charge in [0, 0.05) is 23.1 Å². The van der Waals surface area contributed by atoms with Crippen molar-refractivity contribution in [2.45, 2.75) is 51.1 Å². The summed E-state index contributed by atoms with van der Waals surface area (Å²) in [6.07, 6.45) is 1.03. The van der Waals surface area contributed by atoms with Crippen molar-refractivity contribution < 1.29 is 22.7 Å². The van der Waals surface area contributed by atoms with Crippen LogP contribution in [0.1, 0.15) is 39.2 Å². The van der Waals surface area contributed by atoms with Crippen LogP contribution in [-0.2, 0) is 26.2 Å². The highest BCUT2D eigenvalue weighted by Gasteiger charge is 2.33. The summed E-state index contributed by atoms with van der Waals surface area (Å²) < 4.78 is 34.3. The third kappa shape index (κ3) is 8.38. The summed E-state index contributed by atoms with van der Waals surface area (Å²) in [5.41, 5.74) is 0.850. The smallest absolute Gasteiger partial charge is 0.264 e. The lowest BCUT2D eigenvalue weighted by Crippen LogP contribution is -2.52. The first-order valence-corrected chi connectivity index (χ1v) is 15.6. The lowest BCUT2D eigenvalue weighted by Gasteiger charge is -2.33. The fourth-order valence-corrected chi connectivity index (χ4v) is 6.15. The van der Waals surface area contributed by atoms with Crippen molar-refractivity contribution in [3.63, 3.8) is 0 Å².